The van der Waals surface area contributed by atoms with Gasteiger partial charge in [0.25, 0.3) is 0 Å². The first kappa shape index (κ1) is 9.08. The maximum atomic E-state index is 5.52. The molecule has 0 bridgehead atoms. The normalized spacial score (nSPS) is 10.3. The zero-order valence-corrected chi connectivity index (χ0v) is 8.20. The van der Waals surface area contributed by atoms with Crippen LogP contribution in [0.2, 0.25) is 0 Å². The van der Waals surface area contributed by atoms with Gasteiger partial charge in [0.05, 0.1) is 12.0 Å². The highest BCUT2D eigenvalue weighted by Crippen LogP contribution is 2.19. The summed E-state index contributed by atoms with van der Waals surface area (Å²) in [5.74, 6) is 2.11. The third-order valence-corrected chi connectivity index (χ3v) is 2.46. The van der Waals surface area contributed by atoms with Crippen molar-refractivity contribution < 1.29 is 4.42 Å². The van der Waals surface area contributed by atoms with Gasteiger partial charge in [-0.25, -0.2) is 9.97 Å². The van der Waals surface area contributed by atoms with Gasteiger partial charge in [-0.2, -0.15) is 0 Å². The Morgan fingerprint density at radius 2 is 2.36 bits per heavy atom. The Balaban J connectivity index is 1.98. The van der Waals surface area contributed by atoms with Crippen LogP contribution in [0.1, 0.15) is 5.76 Å². The average molecular weight is 207 g/mol. The van der Waals surface area contributed by atoms with Crippen molar-refractivity contribution in [2.24, 2.45) is 0 Å². The first-order valence-electron chi connectivity index (χ1n) is 4.08. The summed E-state index contributed by atoms with van der Waals surface area (Å²) in [7, 11) is 0. The van der Waals surface area contributed by atoms with Gasteiger partial charge in [-0.1, -0.05) is 11.8 Å². The molecule has 5 heteroatoms. The molecule has 0 fully saturated rings. The predicted molar refractivity (Wildman–Crippen MR) is 54.7 cm³/mol. The summed E-state index contributed by atoms with van der Waals surface area (Å²) in [5, 5.41) is 0.668. The van der Waals surface area contributed by atoms with Gasteiger partial charge in [0.15, 0.2) is 5.16 Å². The number of hydrogen-bond donors (Lipinski definition) is 1. The number of nitrogens with zero attached hydrogens (tertiary/aromatic N) is 2. The van der Waals surface area contributed by atoms with Crippen molar-refractivity contribution >= 4 is 17.6 Å². The number of hydrogen-bond acceptors (Lipinski definition) is 5. The molecule has 0 aliphatic carbocycles. The number of rotatable bonds is 3. The zero-order valence-electron chi connectivity index (χ0n) is 7.38. The van der Waals surface area contributed by atoms with Crippen LogP contribution in [0.4, 0.5) is 5.82 Å². The molecule has 0 amide bonds. The molecule has 0 radical (unpaired) electrons. The van der Waals surface area contributed by atoms with Gasteiger partial charge in [0.1, 0.15) is 11.6 Å². The van der Waals surface area contributed by atoms with Gasteiger partial charge in [-0.15, -0.1) is 0 Å². The molecule has 2 aromatic heterocycles. The molecule has 14 heavy (non-hydrogen) atoms. The molecule has 72 valence electrons. The zero-order chi connectivity index (χ0) is 9.80. The highest BCUT2D eigenvalue weighted by Gasteiger charge is 2.00. The molecule has 0 spiro atoms. The maximum Gasteiger partial charge on any atom is 0.189 e. The van der Waals surface area contributed by atoms with E-state index in [9.17, 15) is 0 Å². The summed E-state index contributed by atoms with van der Waals surface area (Å²) >= 11 is 1.50. The fraction of sp³-hybridized carbons (Fsp3) is 0.111. The van der Waals surface area contributed by atoms with Crippen LogP contribution in [-0.2, 0) is 5.75 Å². The summed E-state index contributed by atoms with van der Waals surface area (Å²) < 4.78 is 5.18. The van der Waals surface area contributed by atoms with Crippen molar-refractivity contribution in [3.8, 4) is 0 Å². The topological polar surface area (TPSA) is 64.9 Å². The highest BCUT2D eigenvalue weighted by molar-refractivity contribution is 7.98. The third kappa shape index (κ3) is 2.26. The minimum atomic E-state index is 0.488. The molecule has 0 atom stereocenters. The second-order valence-electron chi connectivity index (χ2n) is 2.63. The number of aromatic nitrogens is 2. The van der Waals surface area contributed by atoms with Crippen LogP contribution < -0.4 is 5.73 Å². The Kier molecular flexibility index (Phi) is 2.69. The predicted octanol–water partition coefficient (Wildman–Crippen LogP) is 1.94. The fourth-order valence-corrected chi connectivity index (χ4v) is 1.69. The van der Waals surface area contributed by atoms with Crippen LogP contribution in [0, 0.1) is 0 Å². The van der Waals surface area contributed by atoms with E-state index in [0.29, 0.717) is 11.0 Å². The van der Waals surface area contributed by atoms with E-state index >= 15 is 0 Å². The molecule has 2 aromatic rings. The van der Waals surface area contributed by atoms with Crippen molar-refractivity contribution in [2.75, 3.05) is 5.73 Å². The molecule has 0 aromatic carbocycles. The molecule has 0 saturated heterocycles. The minimum absolute atomic E-state index is 0.488. The van der Waals surface area contributed by atoms with E-state index in [0.717, 1.165) is 11.5 Å². The number of thioether (sulfide) groups is 1. The Labute approximate surface area is 85.6 Å². The van der Waals surface area contributed by atoms with E-state index in [2.05, 4.69) is 9.97 Å². The monoisotopic (exact) mass is 207 g/mol. The molecule has 0 aliphatic rings. The van der Waals surface area contributed by atoms with Gasteiger partial charge in [0.2, 0.25) is 0 Å². The van der Waals surface area contributed by atoms with Crippen molar-refractivity contribution in [3.63, 3.8) is 0 Å². The first-order chi connectivity index (χ1) is 6.84. The van der Waals surface area contributed by atoms with Crippen LogP contribution in [-0.4, -0.2) is 9.97 Å². The van der Waals surface area contributed by atoms with Gasteiger partial charge >= 0.3 is 0 Å². The largest absolute Gasteiger partial charge is 0.468 e. The van der Waals surface area contributed by atoms with Gasteiger partial charge in [0, 0.05) is 6.20 Å². The minimum Gasteiger partial charge on any atom is -0.468 e. The van der Waals surface area contributed by atoms with Gasteiger partial charge in [-0.3, -0.25) is 0 Å². The van der Waals surface area contributed by atoms with Crippen molar-refractivity contribution in [2.45, 2.75) is 10.9 Å². The molecule has 2 rings (SSSR count). The summed E-state index contributed by atoms with van der Waals surface area (Å²) in [6.45, 7) is 0. The lowest BCUT2D eigenvalue weighted by Crippen LogP contribution is -1.93. The van der Waals surface area contributed by atoms with Crippen LogP contribution >= 0.6 is 11.8 Å². The second-order valence-corrected chi connectivity index (χ2v) is 3.57. The van der Waals surface area contributed by atoms with E-state index in [4.69, 9.17) is 10.2 Å². The quantitative estimate of drug-likeness (QED) is 0.615. The smallest absolute Gasteiger partial charge is 0.189 e. The van der Waals surface area contributed by atoms with Crippen LogP contribution in [0.15, 0.2) is 40.2 Å². The fourth-order valence-electron chi connectivity index (χ4n) is 0.954. The van der Waals surface area contributed by atoms with E-state index in [1.165, 1.54) is 11.8 Å². The first-order valence-corrected chi connectivity index (χ1v) is 5.07. The second kappa shape index (κ2) is 4.15. The van der Waals surface area contributed by atoms with Crippen LogP contribution in [0.3, 0.4) is 0 Å². The van der Waals surface area contributed by atoms with E-state index in [1.807, 2.05) is 12.1 Å². The summed E-state index contributed by atoms with van der Waals surface area (Å²) in [6.07, 6.45) is 3.29. The van der Waals surface area contributed by atoms with Crippen LogP contribution in [0.5, 0.6) is 0 Å². The molecule has 0 saturated carbocycles. The lowest BCUT2D eigenvalue weighted by atomic mass is 10.5. The van der Waals surface area contributed by atoms with E-state index in [1.54, 1.807) is 18.5 Å². The maximum absolute atomic E-state index is 5.52. The standard InChI is InChI=1S/C9H9N3OS/c10-8-3-4-11-9(12-8)14-6-7-2-1-5-13-7/h1-5H,6H2,(H2,10,11,12). The SMILES string of the molecule is Nc1ccnc(SCc2ccco2)n1. The summed E-state index contributed by atoms with van der Waals surface area (Å²) in [6, 6.07) is 5.44. The Hall–Kier alpha value is -1.49. The highest BCUT2D eigenvalue weighted by atomic mass is 32.2. The van der Waals surface area contributed by atoms with Crippen molar-refractivity contribution in [1.29, 1.82) is 0 Å². The molecule has 2 N–H and O–H groups in total. The summed E-state index contributed by atoms with van der Waals surface area (Å²) in [4.78, 5) is 8.13. The molecule has 0 unspecified atom stereocenters. The number of nitrogens with two attached hydrogens (primary N) is 1. The average Bonchev–Trinajstić information content (AvgIpc) is 2.67. The number of anilines is 1. The van der Waals surface area contributed by atoms with Crippen LogP contribution in [0.25, 0.3) is 0 Å². The molecule has 2 heterocycles. The van der Waals surface area contributed by atoms with E-state index in [-0.39, 0.29) is 0 Å². The lowest BCUT2D eigenvalue weighted by molar-refractivity contribution is 0.530. The molecular weight excluding hydrogens is 198 g/mol. The van der Waals surface area contributed by atoms with Crippen molar-refractivity contribution in [3.05, 3.63) is 36.4 Å². The Morgan fingerprint density at radius 3 is 3.07 bits per heavy atom. The number of furan rings is 1. The Bertz CT molecular complexity index is 402. The van der Waals surface area contributed by atoms with Gasteiger partial charge in [-0.05, 0) is 18.2 Å². The third-order valence-electron chi connectivity index (χ3n) is 1.58. The lowest BCUT2D eigenvalue weighted by Gasteiger charge is -1.97. The summed E-state index contributed by atoms with van der Waals surface area (Å²) in [5.41, 5.74) is 5.52. The Morgan fingerprint density at radius 1 is 1.43 bits per heavy atom. The number of nitrogen functional groups attached to an aromatic ring is 1. The molecular formula is C9H9N3OS. The molecule has 4 nitrogen and oxygen atoms in total. The van der Waals surface area contributed by atoms with E-state index < -0.39 is 0 Å². The van der Waals surface area contributed by atoms with Gasteiger partial charge < -0.3 is 10.2 Å². The molecule has 0 aliphatic heterocycles. The van der Waals surface area contributed by atoms with Crippen molar-refractivity contribution in [1.82, 2.24) is 9.97 Å².